The summed E-state index contributed by atoms with van der Waals surface area (Å²) in [5, 5.41) is 11.7. The van der Waals surface area contributed by atoms with Gasteiger partial charge in [-0.2, -0.15) is 19.0 Å². The number of amides is 1. The number of pyridine rings is 1. The molecule has 0 aliphatic heterocycles. The van der Waals surface area contributed by atoms with Crippen LogP contribution in [-0.2, 0) is 47.8 Å². The molecule has 3 aliphatic carbocycles. The summed E-state index contributed by atoms with van der Waals surface area (Å²) in [5.41, 5.74) is -1.90. The van der Waals surface area contributed by atoms with Crippen LogP contribution < -0.4 is 10.0 Å². The molecule has 63 heavy (non-hydrogen) atoms. The number of fused-ring (bicyclic) bond motifs is 2. The van der Waals surface area contributed by atoms with Crippen molar-refractivity contribution in [1.82, 2.24) is 29.9 Å². The molecule has 1 amide bonds. The molecular weight excluding hydrogens is 875 g/mol. The van der Waals surface area contributed by atoms with Crippen LogP contribution in [0.3, 0.4) is 0 Å². The first-order valence-corrected chi connectivity index (χ1v) is 22.3. The third-order valence-corrected chi connectivity index (χ3v) is 14.9. The lowest BCUT2D eigenvalue weighted by Gasteiger charge is -2.29. The third kappa shape index (κ3) is 9.13. The molecule has 3 aromatic heterocycles. The summed E-state index contributed by atoms with van der Waals surface area (Å²) in [7, 11) is 1.75. The van der Waals surface area contributed by atoms with E-state index in [-0.39, 0.29) is 38.1 Å². The smallest absolute Gasteiger partial charge is 0.290 e. The zero-order valence-corrected chi connectivity index (χ0v) is 36.5. The van der Waals surface area contributed by atoms with E-state index in [0.29, 0.717) is 28.5 Å². The summed E-state index contributed by atoms with van der Waals surface area (Å²) in [6.45, 7) is 6.35. The maximum atomic E-state index is 15.4. The Morgan fingerprint density at radius 3 is 2.30 bits per heavy atom. The second-order valence-electron chi connectivity index (χ2n) is 17.2. The SMILES string of the molecule is Cc1ccc(-c2ccc(C#CC(C)(C)[S+]([O-])C3CC3)nc2C(Cc2cc(F)cc(F)c2)NC(=O)Cn2nc(C(F)F)c3c2C(F)(F)CCC3(F)F)c2c1c(NSC1(C)CC1)nn2C. The van der Waals surface area contributed by atoms with Gasteiger partial charge in [-0.15, -0.1) is 0 Å². The van der Waals surface area contributed by atoms with Gasteiger partial charge in [0.2, 0.25) is 5.91 Å². The number of carbonyl (C=O) groups is 1. The van der Waals surface area contributed by atoms with E-state index in [1.165, 1.54) is 0 Å². The van der Waals surface area contributed by atoms with Crippen LogP contribution in [0.5, 0.6) is 0 Å². The van der Waals surface area contributed by atoms with Crippen molar-refractivity contribution in [2.75, 3.05) is 4.72 Å². The van der Waals surface area contributed by atoms with Crippen molar-refractivity contribution < 1.29 is 44.5 Å². The van der Waals surface area contributed by atoms with Gasteiger partial charge in [-0.1, -0.05) is 12.1 Å². The lowest BCUT2D eigenvalue weighted by atomic mass is 9.89. The van der Waals surface area contributed by atoms with Crippen LogP contribution in [0.15, 0.2) is 42.5 Å². The molecule has 0 radical (unpaired) electrons. The summed E-state index contributed by atoms with van der Waals surface area (Å²) in [5.74, 6) is -4.44. The first-order valence-electron chi connectivity index (χ1n) is 20.3. The Bertz CT molecular complexity index is 2660. The largest absolute Gasteiger partial charge is 0.615 e. The van der Waals surface area contributed by atoms with Crippen molar-refractivity contribution in [2.24, 2.45) is 7.05 Å². The first-order chi connectivity index (χ1) is 29.6. The fourth-order valence-corrected chi connectivity index (χ4v) is 10.3. The Kier molecular flexibility index (Phi) is 11.6. The molecule has 0 bridgehead atoms. The van der Waals surface area contributed by atoms with Crippen LogP contribution in [0.2, 0.25) is 0 Å². The molecule has 5 aromatic rings. The molecule has 19 heteroatoms. The highest BCUT2D eigenvalue weighted by atomic mass is 32.2. The van der Waals surface area contributed by atoms with Gasteiger partial charge < -0.3 is 14.6 Å². The lowest BCUT2D eigenvalue weighted by molar-refractivity contribution is -0.123. The normalized spacial score (nSPS) is 18.4. The van der Waals surface area contributed by atoms with Gasteiger partial charge in [-0.05, 0) is 130 Å². The number of hydrogen-bond donors (Lipinski definition) is 2. The number of carbonyl (C=O) groups excluding carboxylic acids is 1. The molecule has 3 aliphatic rings. The fourth-order valence-electron chi connectivity index (χ4n) is 7.91. The fraction of sp³-hybridized carbons (Fsp3) is 0.455. The summed E-state index contributed by atoms with van der Waals surface area (Å²) in [6.07, 6.45) is -3.11. The van der Waals surface area contributed by atoms with Crippen LogP contribution in [0.25, 0.3) is 22.0 Å². The number of anilines is 1. The van der Waals surface area contributed by atoms with Gasteiger partial charge in [-0.3, -0.25) is 14.2 Å². The lowest BCUT2D eigenvalue weighted by Crippen LogP contribution is -2.37. The molecule has 2 saturated carbocycles. The highest BCUT2D eigenvalue weighted by Crippen LogP contribution is 2.52. The molecule has 3 heterocycles. The zero-order valence-electron chi connectivity index (χ0n) is 34.8. The molecule has 0 saturated heterocycles. The minimum atomic E-state index is -4.07. The van der Waals surface area contributed by atoms with E-state index in [1.807, 2.05) is 19.1 Å². The van der Waals surface area contributed by atoms with Gasteiger partial charge in [0.15, 0.2) is 10.6 Å². The van der Waals surface area contributed by atoms with Crippen molar-refractivity contribution >= 4 is 45.8 Å². The minimum Gasteiger partial charge on any atom is -0.615 e. The van der Waals surface area contributed by atoms with Gasteiger partial charge in [0.1, 0.15) is 40.5 Å². The van der Waals surface area contributed by atoms with E-state index in [1.54, 1.807) is 49.7 Å². The second kappa shape index (κ2) is 16.3. The number of aromatic nitrogens is 5. The number of nitrogens with zero attached hydrogens (tertiary/aromatic N) is 5. The first kappa shape index (κ1) is 44.8. The molecular formula is C44H43F8N7O2S2. The van der Waals surface area contributed by atoms with Crippen molar-refractivity contribution in [1.29, 1.82) is 0 Å². The van der Waals surface area contributed by atoms with Gasteiger partial charge in [0, 0.05) is 47.2 Å². The molecule has 2 unspecified atom stereocenters. The van der Waals surface area contributed by atoms with E-state index in [2.05, 4.69) is 33.9 Å². The molecule has 334 valence electrons. The third-order valence-electron chi connectivity index (χ3n) is 11.6. The van der Waals surface area contributed by atoms with Crippen molar-refractivity contribution in [3.05, 3.63) is 93.6 Å². The molecule has 2 fully saturated rings. The quantitative estimate of drug-likeness (QED) is 0.0524. The standard InChI is InChI=1S/C44H43F8N7O2S2/c1-23-6-10-30(37-33(23)40(56-58(37)5)57-62-42(4)14-15-42)29-11-7-27(12-13-41(2,3)63(61)28-8-9-28)53-35(29)31(20-24-18-25(45)21-26(46)19-24)54-32(60)22-59-38-34(36(55-59)39(47)48)43(49,50)16-17-44(38,51)52/h6-7,10-11,18-19,21,28,31,39H,8-9,14-17,20,22H2,1-5H3,(H,54,60)(H,56,57). The number of rotatable bonds is 13. The monoisotopic (exact) mass is 917 g/mol. The topological polar surface area (TPSA) is 113 Å². The van der Waals surface area contributed by atoms with Crippen molar-refractivity contribution in [2.45, 2.75) is 118 Å². The van der Waals surface area contributed by atoms with Crippen LogP contribution in [0.1, 0.15) is 111 Å². The zero-order chi connectivity index (χ0) is 45.4. The number of nitrogens with one attached hydrogen (secondary N) is 2. The second-order valence-corrected chi connectivity index (χ2v) is 20.9. The number of halogens is 8. The Hall–Kier alpha value is -4.80. The maximum absolute atomic E-state index is 15.4. The average molecular weight is 918 g/mol. The molecule has 2 aromatic carbocycles. The predicted octanol–water partition coefficient (Wildman–Crippen LogP) is 10.1. The van der Waals surface area contributed by atoms with E-state index in [0.717, 1.165) is 48.8 Å². The summed E-state index contributed by atoms with van der Waals surface area (Å²) in [6, 6.07) is 8.37. The van der Waals surface area contributed by atoms with Crippen molar-refractivity contribution in [3.8, 4) is 23.0 Å². The van der Waals surface area contributed by atoms with Crippen molar-refractivity contribution in [3.63, 3.8) is 0 Å². The van der Waals surface area contributed by atoms with Crippen LogP contribution in [0, 0.1) is 30.4 Å². The summed E-state index contributed by atoms with van der Waals surface area (Å²) >= 11 is 0.274. The Labute approximate surface area is 365 Å². The minimum absolute atomic E-state index is 0.0163. The predicted molar refractivity (Wildman–Crippen MR) is 225 cm³/mol. The molecule has 2 atom stereocenters. The molecule has 9 nitrogen and oxygen atoms in total. The number of benzene rings is 2. The molecule has 8 rings (SSSR count). The van der Waals surface area contributed by atoms with E-state index < -0.39 is 94.1 Å². The van der Waals surface area contributed by atoms with Gasteiger partial charge in [0.25, 0.3) is 18.3 Å². The molecule has 2 N–H and O–H groups in total. The number of aryl methyl sites for hydroxylation is 2. The highest BCUT2D eigenvalue weighted by Gasteiger charge is 2.55. The summed E-state index contributed by atoms with van der Waals surface area (Å²) in [4.78, 5) is 19.0. The van der Waals surface area contributed by atoms with Gasteiger partial charge >= 0.3 is 0 Å². The van der Waals surface area contributed by atoms with Gasteiger partial charge in [0.05, 0.1) is 22.8 Å². The Balaban J connectivity index is 1.27. The number of hydrogen-bond acceptors (Lipinski definition) is 7. The van der Waals surface area contributed by atoms with E-state index in [4.69, 9.17) is 10.1 Å². The van der Waals surface area contributed by atoms with Crippen LogP contribution in [-0.4, -0.2) is 49.7 Å². The number of alkyl halides is 6. The van der Waals surface area contributed by atoms with E-state index in [9.17, 15) is 26.9 Å². The summed E-state index contributed by atoms with van der Waals surface area (Å²) < 4.78 is 136. The van der Waals surface area contributed by atoms with Crippen LogP contribution in [0.4, 0.5) is 40.9 Å². The average Bonchev–Trinajstić information content (AvgIpc) is 4.12. The Morgan fingerprint density at radius 1 is 0.984 bits per heavy atom. The van der Waals surface area contributed by atoms with Gasteiger partial charge in [-0.25, -0.2) is 31.3 Å². The maximum Gasteiger partial charge on any atom is 0.290 e. The molecule has 0 spiro atoms. The Morgan fingerprint density at radius 2 is 1.65 bits per heavy atom. The highest BCUT2D eigenvalue weighted by molar-refractivity contribution is 8.02. The van der Waals surface area contributed by atoms with E-state index >= 15 is 17.6 Å². The van der Waals surface area contributed by atoms with Crippen LogP contribution >= 0.6 is 11.9 Å².